The zero-order chi connectivity index (χ0) is 12.5. The average molecular weight is 237 g/mol. The maximum atomic E-state index is 5.45. The molecule has 0 spiro atoms. The Morgan fingerprint density at radius 2 is 2.29 bits per heavy atom. The Morgan fingerprint density at radius 1 is 1.53 bits per heavy atom. The molecule has 0 radical (unpaired) electrons. The molecule has 1 aromatic heterocycles. The van der Waals surface area contributed by atoms with Crippen molar-refractivity contribution in [2.24, 2.45) is 7.05 Å². The summed E-state index contributed by atoms with van der Waals surface area (Å²) >= 11 is 0. The lowest BCUT2D eigenvalue weighted by Crippen LogP contribution is -2.35. The molecular weight excluding hydrogens is 214 g/mol. The molecule has 1 saturated heterocycles. The van der Waals surface area contributed by atoms with Crippen LogP contribution in [0, 0.1) is 0 Å². The van der Waals surface area contributed by atoms with Crippen molar-refractivity contribution < 1.29 is 4.74 Å². The van der Waals surface area contributed by atoms with E-state index in [1.54, 1.807) is 0 Å². The number of aromatic nitrogens is 2. The normalized spacial score (nSPS) is 21.1. The van der Waals surface area contributed by atoms with Crippen LogP contribution in [0.4, 0.5) is 0 Å². The molecule has 2 rings (SSSR count). The van der Waals surface area contributed by atoms with Crippen LogP contribution >= 0.6 is 0 Å². The standard InChI is InChI=1S/C13H23N3O/c1-13(2,3)14-7-11-8-16(4)15-12(11)10-5-6-17-9-10/h8,10,14H,5-7,9H2,1-4H3. The predicted octanol–water partition coefficient (Wildman–Crippen LogP) is 1.81. The molecule has 4 nitrogen and oxygen atoms in total. The maximum absolute atomic E-state index is 5.45. The highest BCUT2D eigenvalue weighted by Crippen LogP contribution is 2.26. The van der Waals surface area contributed by atoms with Crippen molar-refractivity contribution in [3.8, 4) is 0 Å². The third-order valence-corrected chi connectivity index (χ3v) is 3.06. The van der Waals surface area contributed by atoms with Crippen LogP contribution in [0.25, 0.3) is 0 Å². The molecule has 1 aliphatic heterocycles. The Kier molecular flexibility index (Phi) is 3.54. The molecule has 1 atom stereocenters. The second-order valence-corrected chi connectivity index (χ2v) is 5.88. The van der Waals surface area contributed by atoms with E-state index in [4.69, 9.17) is 4.74 Å². The molecule has 1 unspecified atom stereocenters. The Morgan fingerprint density at radius 3 is 2.88 bits per heavy atom. The van der Waals surface area contributed by atoms with E-state index in [2.05, 4.69) is 37.4 Å². The molecule has 17 heavy (non-hydrogen) atoms. The van der Waals surface area contributed by atoms with Gasteiger partial charge in [-0.1, -0.05) is 0 Å². The summed E-state index contributed by atoms with van der Waals surface area (Å²) in [6.45, 7) is 9.11. The van der Waals surface area contributed by atoms with Crippen molar-refractivity contribution in [1.29, 1.82) is 0 Å². The lowest BCUT2D eigenvalue weighted by molar-refractivity contribution is 0.193. The summed E-state index contributed by atoms with van der Waals surface area (Å²) in [5.41, 5.74) is 2.65. The lowest BCUT2D eigenvalue weighted by Gasteiger charge is -2.20. The first-order chi connectivity index (χ1) is 7.96. The molecule has 0 bridgehead atoms. The van der Waals surface area contributed by atoms with Crippen molar-refractivity contribution >= 4 is 0 Å². The van der Waals surface area contributed by atoms with Gasteiger partial charge in [-0.05, 0) is 27.2 Å². The molecule has 2 heterocycles. The number of nitrogens with one attached hydrogen (secondary N) is 1. The van der Waals surface area contributed by atoms with Crippen LogP contribution in [-0.2, 0) is 18.3 Å². The van der Waals surface area contributed by atoms with Gasteiger partial charge in [-0.25, -0.2) is 0 Å². The Labute approximate surface area is 103 Å². The monoisotopic (exact) mass is 237 g/mol. The molecule has 0 saturated carbocycles. The predicted molar refractivity (Wildman–Crippen MR) is 68.0 cm³/mol. The molecule has 1 aromatic rings. The summed E-state index contributed by atoms with van der Waals surface area (Å²) in [7, 11) is 1.99. The van der Waals surface area contributed by atoms with Crippen molar-refractivity contribution in [2.45, 2.75) is 45.2 Å². The van der Waals surface area contributed by atoms with Gasteiger partial charge < -0.3 is 10.1 Å². The van der Waals surface area contributed by atoms with Crippen LogP contribution in [0.2, 0.25) is 0 Å². The molecule has 1 N–H and O–H groups in total. The van der Waals surface area contributed by atoms with Gasteiger partial charge in [0.2, 0.25) is 0 Å². The number of rotatable bonds is 3. The van der Waals surface area contributed by atoms with Gasteiger partial charge in [-0.2, -0.15) is 5.10 Å². The molecule has 0 aromatic carbocycles. The molecule has 0 amide bonds. The summed E-state index contributed by atoms with van der Waals surface area (Å²) in [6.07, 6.45) is 3.21. The maximum Gasteiger partial charge on any atom is 0.0724 e. The molecule has 96 valence electrons. The van der Waals surface area contributed by atoms with Gasteiger partial charge >= 0.3 is 0 Å². The zero-order valence-corrected chi connectivity index (χ0v) is 11.3. The minimum Gasteiger partial charge on any atom is -0.381 e. The first-order valence-corrected chi connectivity index (χ1v) is 6.31. The second-order valence-electron chi connectivity index (χ2n) is 5.88. The summed E-state index contributed by atoms with van der Waals surface area (Å²) in [4.78, 5) is 0. The van der Waals surface area contributed by atoms with Crippen LogP contribution < -0.4 is 5.32 Å². The fourth-order valence-electron chi connectivity index (χ4n) is 2.15. The highest BCUT2D eigenvalue weighted by Gasteiger charge is 2.24. The van der Waals surface area contributed by atoms with Gasteiger partial charge in [0, 0.05) is 43.4 Å². The number of ether oxygens (including phenoxy) is 1. The van der Waals surface area contributed by atoms with E-state index in [9.17, 15) is 0 Å². The van der Waals surface area contributed by atoms with Gasteiger partial charge in [-0.15, -0.1) is 0 Å². The van der Waals surface area contributed by atoms with E-state index < -0.39 is 0 Å². The van der Waals surface area contributed by atoms with Crippen LogP contribution in [0.15, 0.2) is 6.20 Å². The van der Waals surface area contributed by atoms with E-state index in [-0.39, 0.29) is 5.54 Å². The van der Waals surface area contributed by atoms with Gasteiger partial charge in [0.1, 0.15) is 0 Å². The van der Waals surface area contributed by atoms with Crippen LogP contribution in [0.3, 0.4) is 0 Å². The van der Waals surface area contributed by atoms with E-state index in [0.29, 0.717) is 5.92 Å². The van der Waals surface area contributed by atoms with Crippen molar-refractivity contribution in [3.63, 3.8) is 0 Å². The van der Waals surface area contributed by atoms with Crippen LogP contribution in [0.1, 0.15) is 44.4 Å². The van der Waals surface area contributed by atoms with Crippen molar-refractivity contribution in [3.05, 3.63) is 17.5 Å². The average Bonchev–Trinajstić information content (AvgIpc) is 2.81. The topological polar surface area (TPSA) is 39.1 Å². The number of hydrogen-bond donors (Lipinski definition) is 1. The molecular formula is C13H23N3O. The van der Waals surface area contributed by atoms with Crippen molar-refractivity contribution in [2.75, 3.05) is 13.2 Å². The fourth-order valence-corrected chi connectivity index (χ4v) is 2.15. The second kappa shape index (κ2) is 4.78. The van der Waals surface area contributed by atoms with Gasteiger partial charge in [0.25, 0.3) is 0 Å². The number of nitrogens with zero attached hydrogens (tertiary/aromatic N) is 2. The molecule has 1 aliphatic rings. The summed E-state index contributed by atoms with van der Waals surface area (Å²) < 4.78 is 7.36. The highest BCUT2D eigenvalue weighted by atomic mass is 16.5. The van der Waals surface area contributed by atoms with Crippen LogP contribution in [0.5, 0.6) is 0 Å². The smallest absolute Gasteiger partial charge is 0.0724 e. The Hall–Kier alpha value is -0.870. The third-order valence-electron chi connectivity index (χ3n) is 3.06. The molecule has 0 aliphatic carbocycles. The van der Waals surface area contributed by atoms with E-state index in [1.807, 2.05) is 11.7 Å². The Balaban J connectivity index is 2.10. The number of aryl methyl sites for hydroxylation is 1. The highest BCUT2D eigenvalue weighted by molar-refractivity contribution is 5.22. The quantitative estimate of drug-likeness (QED) is 0.871. The van der Waals surface area contributed by atoms with E-state index in [0.717, 1.165) is 26.2 Å². The largest absolute Gasteiger partial charge is 0.381 e. The lowest BCUT2D eigenvalue weighted by atomic mass is 10.0. The van der Waals surface area contributed by atoms with E-state index in [1.165, 1.54) is 11.3 Å². The molecule has 1 fully saturated rings. The Bertz CT molecular complexity index is 373. The minimum absolute atomic E-state index is 0.138. The first-order valence-electron chi connectivity index (χ1n) is 6.31. The fraction of sp³-hybridized carbons (Fsp3) is 0.769. The SMILES string of the molecule is Cn1cc(CNC(C)(C)C)c(C2CCOC2)n1. The zero-order valence-electron chi connectivity index (χ0n) is 11.3. The summed E-state index contributed by atoms with van der Waals surface area (Å²) in [5, 5.41) is 8.11. The van der Waals surface area contributed by atoms with Gasteiger partial charge in [0.05, 0.1) is 12.3 Å². The number of hydrogen-bond acceptors (Lipinski definition) is 3. The first kappa shape index (κ1) is 12.6. The van der Waals surface area contributed by atoms with E-state index >= 15 is 0 Å². The third kappa shape index (κ3) is 3.30. The summed E-state index contributed by atoms with van der Waals surface area (Å²) in [6, 6.07) is 0. The summed E-state index contributed by atoms with van der Waals surface area (Å²) in [5.74, 6) is 0.480. The van der Waals surface area contributed by atoms with Gasteiger partial charge in [-0.3, -0.25) is 4.68 Å². The minimum atomic E-state index is 0.138. The van der Waals surface area contributed by atoms with Crippen LogP contribution in [-0.4, -0.2) is 28.5 Å². The van der Waals surface area contributed by atoms with Crippen molar-refractivity contribution in [1.82, 2.24) is 15.1 Å². The molecule has 4 heteroatoms. The van der Waals surface area contributed by atoms with Gasteiger partial charge in [0.15, 0.2) is 0 Å².